The molecule has 0 aliphatic carbocycles. The van der Waals surface area contributed by atoms with Crippen molar-refractivity contribution in [1.29, 1.82) is 0 Å². The first-order chi connectivity index (χ1) is 9.21. The molecule has 0 amide bonds. The molecular weight excluding hydrogens is 238 g/mol. The van der Waals surface area contributed by atoms with Gasteiger partial charge in [-0.3, -0.25) is 0 Å². The summed E-state index contributed by atoms with van der Waals surface area (Å²) in [5.74, 6) is -0.283. The van der Waals surface area contributed by atoms with Crippen molar-refractivity contribution >= 4 is 5.97 Å². The van der Waals surface area contributed by atoms with E-state index in [0.29, 0.717) is 11.6 Å². The van der Waals surface area contributed by atoms with E-state index in [0.717, 1.165) is 13.0 Å². The van der Waals surface area contributed by atoms with Crippen LogP contribution in [0.5, 0.6) is 0 Å². The third-order valence-corrected chi connectivity index (χ3v) is 3.37. The van der Waals surface area contributed by atoms with E-state index in [1.807, 2.05) is 24.3 Å². The highest BCUT2D eigenvalue weighted by Crippen LogP contribution is 2.08. The Kier molecular flexibility index (Phi) is 7.19. The Balaban J connectivity index is 2.46. The molecule has 0 spiro atoms. The van der Waals surface area contributed by atoms with Gasteiger partial charge >= 0.3 is 5.97 Å². The van der Waals surface area contributed by atoms with Crippen molar-refractivity contribution < 1.29 is 9.53 Å². The van der Waals surface area contributed by atoms with Crippen LogP contribution in [0.4, 0.5) is 0 Å². The lowest BCUT2D eigenvalue weighted by atomic mass is 10.1. The van der Waals surface area contributed by atoms with Crippen molar-refractivity contribution in [1.82, 2.24) is 5.32 Å². The van der Waals surface area contributed by atoms with Gasteiger partial charge < -0.3 is 10.1 Å². The number of ether oxygens (including phenoxy) is 1. The number of carbonyl (C=O) groups is 1. The standard InChI is InChI=1S/C16H25NO2/c1-4-6-7-15(5-2)17-12-13-8-10-14(11-9-13)16(18)19-3/h8-11,15,17H,4-7,12H2,1-3H3. The summed E-state index contributed by atoms with van der Waals surface area (Å²) in [7, 11) is 1.40. The second kappa shape index (κ2) is 8.70. The Morgan fingerprint density at radius 2 is 1.95 bits per heavy atom. The van der Waals surface area contributed by atoms with Gasteiger partial charge in [-0.1, -0.05) is 38.8 Å². The molecule has 1 aromatic carbocycles. The van der Waals surface area contributed by atoms with Gasteiger partial charge in [0.2, 0.25) is 0 Å². The Labute approximate surface area is 116 Å². The Bertz CT molecular complexity index is 373. The normalized spacial score (nSPS) is 12.2. The number of esters is 1. The van der Waals surface area contributed by atoms with E-state index in [4.69, 9.17) is 0 Å². The third-order valence-electron chi connectivity index (χ3n) is 3.37. The van der Waals surface area contributed by atoms with Gasteiger partial charge in [0, 0.05) is 12.6 Å². The van der Waals surface area contributed by atoms with Gasteiger partial charge in [0.05, 0.1) is 12.7 Å². The molecule has 0 aliphatic heterocycles. The van der Waals surface area contributed by atoms with Crippen molar-refractivity contribution in [3.63, 3.8) is 0 Å². The Morgan fingerprint density at radius 3 is 2.47 bits per heavy atom. The summed E-state index contributed by atoms with van der Waals surface area (Å²) >= 11 is 0. The molecule has 0 aromatic heterocycles. The van der Waals surface area contributed by atoms with Crippen LogP contribution < -0.4 is 5.32 Å². The van der Waals surface area contributed by atoms with Gasteiger partial charge in [0.1, 0.15) is 0 Å². The molecule has 3 nitrogen and oxygen atoms in total. The molecule has 19 heavy (non-hydrogen) atoms. The second-order valence-corrected chi connectivity index (χ2v) is 4.82. The van der Waals surface area contributed by atoms with Gasteiger partial charge in [-0.25, -0.2) is 4.79 Å². The summed E-state index contributed by atoms with van der Waals surface area (Å²) in [5, 5.41) is 3.57. The van der Waals surface area contributed by atoms with Crippen LogP contribution in [0, 0.1) is 0 Å². The predicted molar refractivity (Wildman–Crippen MR) is 78.2 cm³/mol. The number of rotatable bonds is 8. The van der Waals surface area contributed by atoms with Crippen molar-refractivity contribution in [2.75, 3.05) is 7.11 Å². The second-order valence-electron chi connectivity index (χ2n) is 4.82. The van der Waals surface area contributed by atoms with Crippen LogP contribution in [0.3, 0.4) is 0 Å². The number of hydrogen-bond acceptors (Lipinski definition) is 3. The van der Waals surface area contributed by atoms with Gasteiger partial charge in [-0.05, 0) is 30.5 Å². The lowest BCUT2D eigenvalue weighted by Crippen LogP contribution is -2.27. The predicted octanol–water partition coefficient (Wildman–Crippen LogP) is 3.53. The van der Waals surface area contributed by atoms with Crippen LogP contribution in [-0.2, 0) is 11.3 Å². The lowest BCUT2D eigenvalue weighted by Gasteiger charge is -2.16. The van der Waals surface area contributed by atoms with Crippen molar-refractivity contribution in [3.05, 3.63) is 35.4 Å². The van der Waals surface area contributed by atoms with Crippen LogP contribution in [-0.4, -0.2) is 19.1 Å². The molecule has 1 N–H and O–H groups in total. The number of hydrogen-bond donors (Lipinski definition) is 1. The zero-order valence-corrected chi connectivity index (χ0v) is 12.2. The summed E-state index contributed by atoms with van der Waals surface area (Å²) in [5.41, 5.74) is 1.80. The van der Waals surface area contributed by atoms with Gasteiger partial charge in [-0.2, -0.15) is 0 Å². The third kappa shape index (κ3) is 5.43. The van der Waals surface area contributed by atoms with E-state index < -0.39 is 0 Å². The monoisotopic (exact) mass is 263 g/mol. The van der Waals surface area contributed by atoms with Gasteiger partial charge in [-0.15, -0.1) is 0 Å². The highest BCUT2D eigenvalue weighted by atomic mass is 16.5. The van der Waals surface area contributed by atoms with Crippen LogP contribution in [0.25, 0.3) is 0 Å². The molecule has 0 fully saturated rings. The highest BCUT2D eigenvalue weighted by molar-refractivity contribution is 5.89. The molecule has 0 bridgehead atoms. The number of unbranched alkanes of at least 4 members (excludes halogenated alkanes) is 1. The number of nitrogens with one attached hydrogen (secondary N) is 1. The maximum absolute atomic E-state index is 11.3. The van der Waals surface area contributed by atoms with E-state index in [-0.39, 0.29) is 5.97 Å². The Hall–Kier alpha value is -1.35. The van der Waals surface area contributed by atoms with Gasteiger partial charge in [0.25, 0.3) is 0 Å². The minimum atomic E-state index is -0.283. The zero-order chi connectivity index (χ0) is 14.1. The van der Waals surface area contributed by atoms with Gasteiger partial charge in [0.15, 0.2) is 0 Å². The molecule has 0 heterocycles. The van der Waals surface area contributed by atoms with Crippen molar-refractivity contribution in [3.8, 4) is 0 Å². The fraction of sp³-hybridized carbons (Fsp3) is 0.562. The fourth-order valence-corrected chi connectivity index (χ4v) is 2.04. The SMILES string of the molecule is CCCCC(CC)NCc1ccc(C(=O)OC)cc1. The molecule has 106 valence electrons. The summed E-state index contributed by atoms with van der Waals surface area (Å²) in [6.07, 6.45) is 4.90. The Morgan fingerprint density at radius 1 is 1.26 bits per heavy atom. The molecule has 1 unspecified atom stereocenters. The molecule has 1 atom stereocenters. The molecule has 0 radical (unpaired) electrons. The molecule has 0 saturated heterocycles. The van der Waals surface area contributed by atoms with E-state index in [2.05, 4.69) is 23.9 Å². The molecule has 0 saturated carbocycles. The maximum Gasteiger partial charge on any atom is 0.337 e. The minimum absolute atomic E-state index is 0.283. The number of benzene rings is 1. The summed E-state index contributed by atoms with van der Waals surface area (Å²) in [6.45, 7) is 5.29. The van der Waals surface area contributed by atoms with Crippen molar-refractivity contribution in [2.45, 2.75) is 52.1 Å². The molecular formula is C16H25NO2. The maximum atomic E-state index is 11.3. The number of methoxy groups -OCH3 is 1. The quantitative estimate of drug-likeness (QED) is 0.729. The lowest BCUT2D eigenvalue weighted by molar-refractivity contribution is 0.0600. The molecule has 0 aliphatic rings. The molecule has 1 aromatic rings. The average Bonchev–Trinajstić information content (AvgIpc) is 2.47. The van der Waals surface area contributed by atoms with E-state index in [1.165, 1.54) is 31.9 Å². The molecule has 1 rings (SSSR count). The zero-order valence-electron chi connectivity index (χ0n) is 12.2. The van der Waals surface area contributed by atoms with Crippen LogP contribution in [0.2, 0.25) is 0 Å². The fourth-order valence-electron chi connectivity index (χ4n) is 2.04. The van der Waals surface area contributed by atoms with E-state index in [9.17, 15) is 4.79 Å². The average molecular weight is 263 g/mol. The first kappa shape index (κ1) is 15.7. The summed E-state index contributed by atoms with van der Waals surface area (Å²) in [6, 6.07) is 8.17. The van der Waals surface area contributed by atoms with E-state index in [1.54, 1.807) is 0 Å². The van der Waals surface area contributed by atoms with Crippen molar-refractivity contribution in [2.24, 2.45) is 0 Å². The topological polar surface area (TPSA) is 38.3 Å². The summed E-state index contributed by atoms with van der Waals surface area (Å²) in [4.78, 5) is 11.3. The largest absolute Gasteiger partial charge is 0.465 e. The smallest absolute Gasteiger partial charge is 0.337 e. The number of carbonyl (C=O) groups excluding carboxylic acids is 1. The van der Waals surface area contributed by atoms with E-state index >= 15 is 0 Å². The highest BCUT2D eigenvalue weighted by Gasteiger charge is 2.06. The molecule has 3 heteroatoms. The first-order valence-corrected chi connectivity index (χ1v) is 7.11. The van der Waals surface area contributed by atoms with Crippen LogP contribution in [0.1, 0.15) is 55.5 Å². The first-order valence-electron chi connectivity index (χ1n) is 7.11. The summed E-state index contributed by atoms with van der Waals surface area (Å²) < 4.78 is 4.68. The minimum Gasteiger partial charge on any atom is -0.465 e. The van der Waals surface area contributed by atoms with Crippen LogP contribution >= 0.6 is 0 Å². The van der Waals surface area contributed by atoms with Crippen LogP contribution in [0.15, 0.2) is 24.3 Å².